The van der Waals surface area contributed by atoms with Gasteiger partial charge in [0.15, 0.2) is 5.58 Å². The molecule has 2 amide bonds. The van der Waals surface area contributed by atoms with E-state index in [1.54, 1.807) is 11.0 Å². The molecule has 0 atom stereocenters. The second-order valence-electron chi connectivity index (χ2n) is 8.44. The second kappa shape index (κ2) is 9.80. The number of anilines is 1. The van der Waals surface area contributed by atoms with Gasteiger partial charge in [-0.15, -0.1) is 0 Å². The molecule has 0 saturated carbocycles. The summed E-state index contributed by atoms with van der Waals surface area (Å²) < 4.78 is 5.82. The molecule has 1 fully saturated rings. The van der Waals surface area contributed by atoms with Gasteiger partial charge < -0.3 is 25.1 Å². The third kappa shape index (κ3) is 5.12. The van der Waals surface area contributed by atoms with E-state index in [0.717, 1.165) is 16.6 Å². The highest BCUT2D eigenvalue weighted by molar-refractivity contribution is 6.31. The van der Waals surface area contributed by atoms with Gasteiger partial charge in [0.1, 0.15) is 12.1 Å². The number of likely N-dealkylation sites (tertiary alicyclic amines) is 1. The van der Waals surface area contributed by atoms with Crippen molar-refractivity contribution in [3.8, 4) is 0 Å². The summed E-state index contributed by atoms with van der Waals surface area (Å²) >= 11 is 6.24. The summed E-state index contributed by atoms with van der Waals surface area (Å²) in [6, 6.07) is 13.5. The Morgan fingerprint density at radius 3 is 2.70 bits per heavy atom. The fourth-order valence-corrected chi connectivity index (χ4v) is 4.33. The van der Waals surface area contributed by atoms with Crippen molar-refractivity contribution in [1.82, 2.24) is 15.2 Å². The topological polar surface area (TPSA) is 108 Å². The van der Waals surface area contributed by atoms with Crippen LogP contribution in [-0.2, 0) is 16.1 Å². The van der Waals surface area contributed by atoms with Crippen molar-refractivity contribution in [3.63, 3.8) is 0 Å². The summed E-state index contributed by atoms with van der Waals surface area (Å²) in [4.78, 5) is 31.4. The van der Waals surface area contributed by atoms with Crippen molar-refractivity contribution in [3.05, 3.63) is 58.6 Å². The molecule has 2 aromatic carbocycles. The summed E-state index contributed by atoms with van der Waals surface area (Å²) in [5, 5.41) is 16.0. The van der Waals surface area contributed by atoms with Crippen LogP contribution in [0.4, 0.5) is 6.01 Å². The molecule has 33 heavy (non-hydrogen) atoms. The molecule has 9 heteroatoms. The number of nitrogens with zero attached hydrogens (tertiary/aromatic N) is 2. The zero-order valence-corrected chi connectivity index (χ0v) is 19.2. The number of rotatable bonds is 7. The first-order valence-electron chi connectivity index (χ1n) is 10.9. The van der Waals surface area contributed by atoms with Crippen LogP contribution in [0, 0.1) is 12.3 Å². The van der Waals surface area contributed by atoms with E-state index in [4.69, 9.17) is 16.0 Å². The van der Waals surface area contributed by atoms with E-state index < -0.39 is 12.0 Å². The van der Waals surface area contributed by atoms with E-state index in [1.807, 2.05) is 43.3 Å². The molecule has 2 heterocycles. The summed E-state index contributed by atoms with van der Waals surface area (Å²) in [5.74, 6) is -0.458. The molecule has 174 valence electrons. The maximum Gasteiger partial charge on any atom is 0.295 e. The van der Waals surface area contributed by atoms with Crippen LogP contribution in [0.15, 0.2) is 46.9 Å². The number of nitrogens with one attached hydrogen (secondary N) is 2. The highest BCUT2D eigenvalue weighted by Crippen LogP contribution is 2.33. The standard InChI is InChI=1S/C24H27ClN4O4/c1-16-6-7-19-20(12-16)33-23(28-19)27-15-24(8-10-29(11-9-24)21(31)14-30)22(32)26-13-17-4-2-3-5-18(17)25/h2-7,12,30H,8-11,13-15H2,1H3,(H,26,32)(H,27,28). The van der Waals surface area contributed by atoms with Gasteiger partial charge in [0.05, 0.1) is 5.41 Å². The maximum atomic E-state index is 13.4. The number of carbonyl (C=O) groups is 2. The number of carbonyl (C=O) groups excluding carboxylic acids is 2. The molecule has 8 nitrogen and oxygen atoms in total. The Labute approximate surface area is 196 Å². The summed E-state index contributed by atoms with van der Waals surface area (Å²) in [6.07, 6.45) is 0.888. The molecule has 0 aliphatic carbocycles. The number of hydrogen-bond donors (Lipinski definition) is 3. The molecule has 3 N–H and O–H groups in total. The Kier molecular flexibility index (Phi) is 6.85. The fourth-order valence-electron chi connectivity index (χ4n) is 4.13. The second-order valence-corrected chi connectivity index (χ2v) is 8.84. The Morgan fingerprint density at radius 1 is 1.21 bits per heavy atom. The minimum absolute atomic E-state index is 0.127. The van der Waals surface area contributed by atoms with Crippen LogP contribution in [0.3, 0.4) is 0 Å². The summed E-state index contributed by atoms with van der Waals surface area (Å²) in [7, 11) is 0. The third-order valence-corrected chi connectivity index (χ3v) is 6.58. The van der Waals surface area contributed by atoms with Gasteiger partial charge in [-0.1, -0.05) is 35.9 Å². The van der Waals surface area contributed by atoms with Crippen LogP contribution in [0.2, 0.25) is 5.02 Å². The number of hydrogen-bond acceptors (Lipinski definition) is 6. The molecule has 1 aromatic heterocycles. The lowest BCUT2D eigenvalue weighted by Gasteiger charge is -2.40. The van der Waals surface area contributed by atoms with Crippen LogP contribution in [-0.4, -0.2) is 53.0 Å². The largest absolute Gasteiger partial charge is 0.424 e. The number of fused-ring (bicyclic) bond motifs is 1. The van der Waals surface area contributed by atoms with Crippen molar-refractivity contribution >= 4 is 40.5 Å². The molecule has 0 bridgehead atoms. The average Bonchev–Trinajstić information content (AvgIpc) is 3.24. The van der Waals surface area contributed by atoms with E-state index in [-0.39, 0.29) is 11.8 Å². The fraction of sp³-hybridized carbons (Fsp3) is 0.375. The number of oxazole rings is 1. The van der Waals surface area contributed by atoms with Crippen molar-refractivity contribution in [2.75, 3.05) is 31.6 Å². The van der Waals surface area contributed by atoms with Crippen molar-refractivity contribution < 1.29 is 19.1 Å². The number of aryl methyl sites for hydroxylation is 1. The van der Waals surface area contributed by atoms with Gasteiger partial charge in [-0.25, -0.2) is 0 Å². The van der Waals surface area contributed by atoms with Gasteiger partial charge in [0, 0.05) is 31.2 Å². The van der Waals surface area contributed by atoms with Gasteiger partial charge in [0.2, 0.25) is 11.8 Å². The first-order chi connectivity index (χ1) is 15.9. The van der Waals surface area contributed by atoms with Crippen LogP contribution in [0.1, 0.15) is 24.0 Å². The van der Waals surface area contributed by atoms with E-state index in [9.17, 15) is 14.7 Å². The van der Waals surface area contributed by atoms with Crippen LogP contribution < -0.4 is 10.6 Å². The minimum atomic E-state index is -0.774. The lowest BCUT2D eigenvalue weighted by Crippen LogP contribution is -2.53. The molecule has 1 aliphatic heterocycles. The Balaban J connectivity index is 1.50. The smallest absolute Gasteiger partial charge is 0.295 e. The van der Waals surface area contributed by atoms with Crippen molar-refractivity contribution in [1.29, 1.82) is 0 Å². The summed E-state index contributed by atoms with van der Waals surface area (Å²) in [6.45, 7) is 2.82. The van der Waals surface area contributed by atoms with Crippen LogP contribution in [0.25, 0.3) is 11.1 Å². The van der Waals surface area contributed by atoms with Crippen molar-refractivity contribution in [2.45, 2.75) is 26.3 Å². The van der Waals surface area contributed by atoms with Crippen LogP contribution in [0.5, 0.6) is 0 Å². The van der Waals surface area contributed by atoms with E-state index in [2.05, 4.69) is 15.6 Å². The number of benzene rings is 2. The van der Waals surface area contributed by atoms with Gasteiger partial charge in [-0.3, -0.25) is 9.59 Å². The van der Waals surface area contributed by atoms with Gasteiger partial charge in [0.25, 0.3) is 6.01 Å². The van der Waals surface area contributed by atoms with Gasteiger partial charge in [-0.05, 0) is 49.1 Å². The monoisotopic (exact) mass is 470 g/mol. The molecule has 0 spiro atoms. The number of piperidine rings is 1. The number of aromatic nitrogens is 1. The first-order valence-corrected chi connectivity index (χ1v) is 11.3. The minimum Gasteiger partial charge on any atom is -0.424 e. The molecule has 0 radical (unpaired) electrons. The lowest BCUT2D eigenvalue weighted by molar-refractivity contribution is -0.141. The molecule has 1 saturated heterocycles. The molecule has 4 rings (SSSR count). The average molecular weight is 471 g/mol. The Hall–Kier alpha value is -3.10. The third-order valence-electron chi connectivity index (χ3n) is 6.21. The molecule has 1 aliphatic rings. The highest BCUT2D eigenvalue weighted by atomic mass is 35.5. The van der Waals surface area contributed by atoms with Crippen molar-refractivity contribution in [2.24, 2.45) is 5.41 Å². The highest BCUT2D eigenvalue weighted by Gasteiger charge is 2.42. The Morgan fingerprint density at radius 2 is 1.97 bits per heavy atom. The predicted molar refractivity (Wildman–Crippen MR) is 126 cm³/mol. The Bertz CT molecular complexity index is 1150. The zero-order valence-electron chi connectivity index (χ0n) is 18.4. The van der Waals surface area contributed by atoms with E-state index >= 15 is 0 Å². The van der Waals surface area contributed by atoms with E-state index in [1.165, 1.54) is 0 Å². The zero-order chi connectivity index (χ0) is 23.4. The van der Waals surface area contributed by atoms with Crippen LogP contribution >= 0.6 is 11.6 Å². The number of halogens is 1. The van der Waals surface area contributed by atoms with E-state index in [0.29, 0.717) is 55.6 Å². The normalized spacial score (nSPS) is 15.4. The summed E-state index contributed by atoms with van der Waals surface area (Å²) in [5.41, 5.74) is 2.55. The number of amides is 2. The molecule has 0 unspecified atom stereocenters. The number of aliphatic hydroxyl groups excluding tert-OH is 1. The molecular formula is C24H27ClN4O4. The molecular weight excluding hydrogens is 444 g/mol. The quantitative estimate of drug-likeness (QED) is 0.489. The molecule has 3 aromatic rings. The SMILES string of the molecule is Cc1ccc2nc(NCC3(C(=O)NCc4ccccc4Cl)CCN(C(=O)CO)CC3)oc2c1. The number of aliphatic hydroxyl groups is 1. The lowest BCUT2D eigenvalue weighted by atomic mass is 9.77. The predicted octanol–water partition coefficient (Wildman–Crippen LogP) is 3.12. The van der Waals surface area contributed by atoms with Gasteiger partial charge >= 0.3 is 0 Å². The van der Waals surface area contributed by atoms with Gasteiger partial charge in [-0.2, -0.15) is 4.98 Å². The maximum absolute atomic E-state index is 13.4. The first kappa shape index (κ1) is 23.1.